The van der Waals surface area contributed by atoms with Crippen molar-refractivity contribution >= 4 is 44.4 Å². The van der Waals surface area contributed by atoms with Gasteiger partial charge < -0.3 is 5.32 Å². The van der Waals surface area contributed by atoms with Crippen LogP contribution < -0.4 is 5.32 Å². The minimum Gasteiger partial charge on any atom is -0.348 e. The van der Waals surface area contributed by atoms with E-state index in [1.807, 2.05) is 48.5 Å². The number of amides is 1. The highest BCUT2D eigenvalue weighted by molar-refractivity contribution is 14.1. The van der Waals surface area contributed by atoms with E-state index in [4.69, 9.17) is 0 Å². The molecule has 0 unspecified atom stereocenters. The van der Waals surface area contributed by atoms with Crippen molar-refractivity contribution < 1.29 is 4.79 Å². The molecule has 2 nitrogen and oxygen atoms in total. The summed E-state index contributed by atoms with van der Waals surface area (Å²) in [6.45, 7) is 0.531. The summed E-state index contributed by atoms with van der Waals surface area (Å²) in [5.41, 5.74) is 1.79. The van der Waals surface area contributed by atoms with Gasteiger partial charge >= 0.3 is 0 Å². The number of hydrogen-bond acceptors (Lipinski definition) is 1. The summed E-state index contributed by atoms with van der Waals surface area (Å²) < 4.78 is 1.98. The van der Waals surface area contributed by atoms with Gasteiger partial charge in [0, 0.05) is 14.6 Å². The topological polar surface area (TPSA) is 29.1 Å². The standard InChI is InChI=1S/C14H11BrINO/c15-11-5-3-4-10(8-11)9-17-14(18)12-6-1-2-7-13(12)16/h1-8H,9H2,(H,17,18). The molecule has 2 aromatic carbocycles. The van der Waals surface area contributed by atoms with E-state index in [2.05, 4.69) is 43.8 Å². The summed E-state index contributed by atoms with van der Waals surface area (Å²) >= 11 is 5.58. The second kappa shape index (κ2) is 6.33. The van der Waals surface area contributed by atoms with E-state index >= 15 is 0 Å². The first-order valence-corrected chi connectivity index (χ1v) is 7.31. The van der Waals surface area contributed by atoms with Gasteiger partial charge in [0.25, 0.3) is 5.91 Å². The molecule has 0 spiro atoms. The van der Waals surface area contributed by atoms with Crippen LogP contribution in [0.4, 0.5) is 0 Å². The third-order valence-electron chi connectivity index (χ3n) is 2.46. The summed E-state index contributed by atoms with van der Waals surface area (Å²) in [5, 5.41) is 2.92. The molecule has 0 bridgehead atoms. The fraction of sp³-hybridized carbons (Fsp3) is 0.0714. The van der Waals surface area contributed by atoms with E-state index in [9.17, 15) is 4.79 Å². The SMILES string of the molecule is O=C(NCc1cccc(Br)c1)c1ccccc1I. The van der Waals surface area contributed by atoms with Gasteiger partial charge in [-0.3, -0.25) is 4.79 Å². The predicted octanol–water partition coefficient (Wildman–Crippen LogP) is 3.98. The first-order valence-electron chi connectivity index (χ1n) is 5.44. The molecule has 0 aromatic heterocycles. The molecule has 0 saturated carbocycles. The molecular formula is C14H11BrINO. The van der Waals surface area contributed by atoms with Crippen molar-refractivity contribution in [1.82, 2.24) is 5.32 Å². The third kappa shape index (κ3) is 3.55. The Hall–Kier alpha value is -0.880. The fourth-order valence-electron chi connectivity index (χ4n) is 1.57. The molecule has 2 rings (SSSR count). The van der Waals surface area contributed by atoms with Crippen LogP contribution >= 0.6 is 38.5 Å². The first-order chi connectivity index (χ1) is 8.66. The Kier molecular flexibility index (Phi) is 4.77. The van der Waals surface area contributed by atoms with Gasteiger partial charge in [0.05, 0.1) is 5.56 Å². The minimum atomic E-state index is -0.0417. The van der Waals surface area contributed by atoms with Crippen LogP contribution in [-0.2, 0) is 6.54 Å². The Balaban J connectivity index is 2.03. The van der Waals surface area contributed by atoms with Crippen LogP contribution in [0.3, 0.4) is 0 Å². The van der Waals surface area contributed by atoms with Gasteiger partial charge in [-0.1, -0.05) is 40.2 Å². The van der Waals surface area contributed by atoms with Crippen molar-refractivity contribution in [3.63, 3.8) is 0 Å². The van der Waals surface area contributed by atoms with Crippen molar-refractivity contribution in [2.45, 2.75) is 6.54 Å². The van der Waals surface area contributed by atoms with Crippen LogP contribution in [0.1, 0.15) is 15.9 Å². The Morgan fingerprint density at radius 2 is 1.94 bits per heavy atom. The highest BCUT2D eigenvalue weighted by Gasteiger charge is 2.08. The van der Waals surface area contributed by atoms with Crippen molar-refractivity contribution in [1.29, 1.82) is 0 Å². The molecule has 0 saturated heterocycles. The zero-order valence-corrected chi connectivity index (χ0v) is 13.2. The van der Waals surface area contributed by atoms with Crippen LogP contribution in [0.25, 0.3) is 0 Å². The van der Waals surface area contributed by atoms with Gasteiger partial charge in [-0.05, 0) is 52.4 Å². The Labute approximate surface area is 128 Å². The molecule has 0 aliphatic heterocycles. The number of carbonyl (C=O) groups excluding carboxylic acids is 1. The zero-order chi connectivity index (χ0) is 13.0. The predicted molar refractivity (Wildman–Crippen MR) is 84.5 cm³/mol. The number of nitrogens with one attached hydrogen (secondary N) is 1. The zero-order valence-electron chi connectivity index (χ0n) is 9.49. The van der Waals surface area contributed by atoms with Crippen LogP contribution in [0.2, 0.25) is 0 Å². The van der Waals surface area contributed by atoms with Crippen molar-refractivity contribution in [2.24, 2.45) is 0 Å². The van der Waals surface area contributed by atoms with Crippen LogP contribution in [0, 0.1) is 3.57 Å². The quantitative estimate of drug-likeness (QED) is 0.754. The number of rotatable bonds is 3. The van der Waals surface area contributed by atoms with Gasteiger partial charge in [-0.2, -0.15) is 0 Å². The highest BCUT2D eigenvalue weighted by atomic mass is 127. The van der Waals surface area contributed by atoms with Crippen molar-refractivity contribution in [3.8, 4) is 0 Å². The Morgan fingerprint density at radius 3 is 2.67 bits per heavy atom. The lowest BCUT2D eigenvalue weighted by Gasteiger charge is -2.07. The normalized spacial score (nSPS) is 10.1. The summed E-state index contributed by atoms with van der Waals surface area (Å²) in [6.07, 6.45) is 0. The summed E-state index contributed by atoms with van der Waals surface area (Å²) in [6, 6.07) is 15.5. The van der Waals surface area contributed by atoms with Crippen molar-refractivity contribution in [3.05, 3.63) is 67.7 Å². The molecule has 2 aromatic rings. The molecule has 0 fully saturated rings. The van der Waals surface area contributed by atoms with Crippen LogP contribution in [0.15, 0.2) is 53.0 Å². The van der Waals surface area contributed by atoms with E-state index in [0.717, 1.165) is 13.6 Å². The molecule has 1 amide bonds. The van der Waals surface area contributed by atoms with Crippen LogP contribution in [0.5, 0.6) is 0 Å². The summed E-state index contributed by atoms with van der Waals surface area (Å²) in [4.78, 5) is 12.0. The van der Waals surface area contributed by atoms with Gasteiger partial charge in [-0.15, -0.1) is 0 Å². The first kappa shape index (κ1) is 13.5. The van der Waals surface area contributed by atoms with E-state index in [-0.39, 0.29) is 5.91 Å². The average molecular weight is 416 g/mol. The molecule has 4 heteroatoms. The van der Waals surface area contributed by atoms with Gasteiger partial charge in [0.1, 0.15) is 0 Å². The summed E-state index contributed by atoms with van der Waals surface area (Å²) in [7, 11) is 0. The van der Waals surface area contributed by atoms with Gasteiger partial charge in [-0.25, -0.2) is 0 Å². The Morgan fingerprint density at radius 1 is 1.17 bits per heavy atom. The molecule has 1 N–H and O–H groups in total. The van der Waals surface area contributed by atoms with E-state index < -0.39 is 0 Å². The maximum Gasteiger partial charge on any atom is 0.252 e. The van der Waals surface area contributed by atoms with E-state index in [0.29, 0.717) is 12.1 Å². The van der Waals surface area contributed by atoms with Crippen molar-refractivity contribution in [2.75, 3.05) is 0 Å². The lowest BCUT2D eigenvalue weighted by atomic mass is 10.2. The lowest BCUT2D eigenvalue weighted by Crippen LogP contribution is -2.23. The molecule has 0 atom stereocenters. The molecule has 0 radical (unpaired) electrons. The lowest BCUT2D eigenvalue weighted by molar-refractivity contribution is 0.0950. The van der Waals surface area contributed by atoms with Gasteiger partial charge in [0.15, 0.2) is 0 Å². The molecule has 18 heavy (non-hydrogen) atoms. The second-order valence-electron chi connectivity index (χ2n) is 3.79. The third-order valence-corrected chi connectivity index (χ3v) is 3.89. The molecule has 0 heterocycles. The maximum atomic E-state index is 12.0. The molecular weight excluding hydrogens is 405 g/mol. The second-order valence-corrected chi connectivity index (χ2v) is 5.87. The highest BCUT2D eigenvalue weighted by Crippen LogP contribution is 2.13. The minimum absolute atomic E-state index is 0.0417. The number of carbonyl (C=O) groups is 1. The number of benzene rings is 2. The van der Waals surface area contributed by atoms with Crippen LogP contribution in [-0.4, -0.2) is 5.91 Å². The van der Waals surface area contributed by atoms with E-state index in [1.54, 1.807) is 0 Å². The maximum absolute atomic E-state index is 12.0. The number of hydrogen-bond donors (Lipinski definition) is 1. The van der Waals surface area contributed by atoms with Gasteiger partial charge in [0.2, 0.25) is 0 Å². The largest absolute Gasteiger partial charge is 0.348 e. The summed E-state index contributed by atoms with van der Waals surface area (Å²) in [5.74, 6) is -0.0417. The smallest absolute Gasteiger partial charge is 0.252 e. The fourth-order valence-corrected chi connectivity index (χ4v) is 2.65. The molecule has 0 aliphatic rings. The van der Waals surface area contributed by atoms with E-state index in [1.165, 1.54) is 0 Å². The monoisotopic (exact) mass is 415 g/mol. The average Bonchev–Trinajstić information content (AvgIpc) is 2.37. The molecule has 92 valence electrons. The molecule has 0 aliphatic carbocycles. The Bertz CT molecular complexity index is 571. The number of halogens is 2.